The zero-order valence-corrected chi connectivity index (χ0v) is 23.6. The summed E-state index contributed by atoms with van der Waals surface area (Å²) >= 11 is 6.00. The summed E-state index contributed by atoms with van der Waals surface area (Å²) in [5.74, 6) is 1.58. The number of nitrogens with one attached hydrogen (secondary N) is 1. The van der Waals surface area contributed by atoms with Gasteiger partial charge in [-0.25, -0.2) is 4.98 Å². The van der Waals surface area contributed by atoms with Gasteiger partial charge in [-0.3, -0.25) is 9.59 Å². The van der Waals surface area contributed by atoms with E-state index in [0.717, 1.165) is 59.4 Å². The quantitative estimate of drug-likeness (QED) is 0.218. The van der Waals surface area contributed by atoms with Gasteiger partial charge in [-0.15, -0.1) is 0 Å². The van der Waals surface area contributed by atoms with Crippen LogP contribution in [0.2, 0.25) is 5.02 Å². The van der Waals surface area contributed by atoms with E-state index < -0.39 is 11.9 Å². The molecule has 0 bridgehead atoms. The van der Waals surface area contributed by atoms with Crippen LogP contribution in [0.4, 0.5) is 5.82 Å². The average molecular weight is 581 g/mol. The molecule has 7 nitrogen and oxygen atoms in total. The van der Waals surface area contributed by atoms with Gasteiger partial charge in [-0.2, -0.15) is 0 Å². The van der Waals surface area contributed by atoms with Gasteiger partial charge in [0, 0.05) is 27.3 Å². The van der Waals surface area contributed by atoms with Gasteiger partial charge in [0.05, 0.1) is 18.2 Å². The minimum atomic E-state index is -0.808. The fraction of sp³-hybridized carbons (Fsp3) is 0.265. The molecule has 1 unspecified atom stereocenters. The van der Waals surface area contributed by atoms with Crippen molar-refractivity contribution >= 4 is 29.3 Å². The third-order valence-electron chi connectivity index (χ3n) is 8.12. The number of ether oxygens (including phenoxy) is 2. The third-order valence-corrected chi connectivity index (χ3v) is 8.37. The van der Waals surface area contributed by atoms with Gasteiger partial charge in [0.1, 0.15) is 23.1 Å². The molecule has 2 N–H and O–H groups in total. The fourth-order valence-corrected chi connectivity index (χ4v) is 5.77. The second kappa shape index (κ2) is 10.8. The molecule has 212 valence electrons. The summed E-state index contributed by atoms with van der Waals surface area (Å²) in [6.07, 6.45) is 4.66. The summed E-state index contributed by atoms with van der Waals surface area (Å²) in [6.45, 7) is 0.382. The molecular formula is C34H29ClN2O5. The SMILES string of the molecule is O=C(Nc1cccc(-c2ccc(Cl)cc2)n1)c1ccc(Oc2c(C3CC3)cc3c(c2C2CC2)OCCC3C(=O)O)cc1. The predicted molar refractivity (Wildman–Crippen MR) is 160 cm³/mol. The van der Waals surface area contributed by atoms with E-state index in [1.807, 2.05) is 30.3 Å². The van der Waals surface area contributed by atoms with Gasteiger partial charge < -0.3 is 19.9 Å². The maximum absolute atomic E-state index is 13.1. The molecule has 7 rings (SSSR count). The monoisotopic (exact) mass is 580 g/mol. The molecule has 8 heteroatoms. The topological polar surface area (TPSA) is 97.8 Å². The summed E-state index contributed by atoms with van der Waals surface area (Å²) in [4.78, 5) is 29.7. The highest BCUT2D eigenvalue weighted by molar-refractivity contribution is 6.30. The standard InChI is InChI=1S/C34H29ClN2O5/c35-23-12-8-20(9-13-23)28-2-1-3-29(36-28)37-33(38)22-10-14-24(15-11-22)42-32-26(19-4-5-19)18-27-25(34(39)40)16-17-41-31(27)30(32)21-6-7-21/h1-3,8-15,18-19,21,25H,4-7,16-17H2,(H,39,40)(H,36,37,38). The zero-order valence-electron chi connectivity index (χ0n) is 22.8. The summed E-state index contributed by atoms with van der Waals surface area (Å²) in [5.41, 5.74) is 4.97. The molecule has 3 aliphatic rings. The molecule has 1 aromatic heterocycles. The normalized spacial score (nSPS) is 17.6. The molecule has 0 saturated heterocycles. The molecule has 3 aromatic carbocycles. The smallest absolute Gasteiger partial charge is 0.311 e. The van der Waals surface area contributed by atoms with E-state index in [2.05, 4.69) is 10.3 Å². The molecular weight excluding hydrogens is 552 g/mol. The van der Waals surface area contributed by atoms with Crippen LogP contribution in [-0.4, -0.2) is 28.6 Å². The summed E-state index contributed by atoms with van der Waals surface area (Å²) in [6, 6.07) is 21.9. The molecule has 2 saturated carbocycles. The molecule has 1 amide bonds. The number of halogens is 1. The van der Waals surface area contributed by atoms with E-state index in [1.54, 1.807) is 42.5 Å². The number of pyridine rings is 1. The summed E-state index contributed by atoms with van der Waals surface area (Å²) in [5, 5.41) is 13.4. The molecule has 4 aromatic rings. The molecule has 2 heterocycles. The highest BCUT2D eigenvalue weighted by Crippen LogP contribution is 2.58. The van der Waals surface area contributed by atoms with Crippen molar-refractivity contribution in [3.05, 3.63) is 100 Å². The maximum Gasteiger partial charge on any atom is 0.311 e. The predicted octanol–water partition coefficient (Wildman–Crippen LogP) is 8.15. The lowest BCUT2D eigenvalue weighted by atomic mass is 9.86. The second-order valence-electron chi connectivity index (χ2n) is 11.2. The van der Waals surface area contributed by atoms with Crippen LogP contribution in [0.25, 0.3) is 11.3 Å². The zero-order chi connectivity index (χ0) is 28.8. The minimum Gasteiger partial charge on any atom is -0.493 e. The Hall–Kier alpha value is -4.36. The number of benzene rings is 3. The van der Waals surface area contributed by atoms with Gasteiger partial charge in [0.15, 0.2) is 0 Å². The second-order valence-corrected chi connectivity index (χ2v) is 11.6. The van der Waals surface area contributed by atoms with Gasteiger partial charge in [0.2, 0.25) is 0 Å². The maximum atomic E-state index is 13.1. The van der Waals surface area contributed by atoms with Crippen LogP contribution in [-0.2, 0) is 4.79 Å². The van der Waals surface area contributed by atoms with Crippen LogP contribution < -0.4 is 14.8 Å². The number of aromatic nitrogens is 1. The van der Waals surface area contributed by atoms with Crippen LogP contribution in [0.5, 0.6) is 17.2 Å². The molecule has 1 aliphatic heterocycles. The fourth-order valence-electron chi connectivity index (χ4n) is 5.64. The largest absolute Gasteiger partial charge is 0.493 e. The number of amides is 1. The van der Waals surface area contributed by atoms with E-state index in [9.17, 15) is 14.7 Å². The summed E-state index contributed by atoms with van der Waals surface area (Å²) < 4.78 is 12.7. The Balaban J connectivity index is 1.13. The lowest BCUT2D eigenvalue weighted by Crippen LogP contribution is -2.22. The highest BCUT2D eigenvalue weighted by Gasteiger charge is 2.41. The van der Waals surface area contributed by atoms with E-state index >= 15 is 0 Å². The number of anilines is 1. The van der Waals surface area contributed by atoms with E-state index in [-0.39, 0.29) is 5.91 Å². The van der Waals surface area contributed by atoms with E-state index in [1.165, 1.54) is 0 Å². The van der Waals surface area contributed by atoms with Crippen LogP contribution in [0, 0.1) is 0 Å². The number of fused-ring (bicyclic) bond motifs is 1. The van der Waals surface area contributed by atoms with Crippen molar-refractivity contribution in [2.24, 2.45) is 0 Å². The van der Waals surface area contributed by atoms with Crippen molar-refractivity contribution < 1.29 is 24.2 Å². The van der Waals surface area contributed by atoms with Gasteiger partial charge in [0.25, 0.3) is 5.91 Å². The average Bonchev–Trinajstić information content (AvgIpc) is 3.92. The Labute approximate surface area is 248 Å². The Morgan fingerprint density at radius 3 is 2.33 bits per heavy atom. The van der Waals surface area contributed by atoms with Crippen LogP contribution in [0.3, 0.4) is 0 Å². The minimum absolute atomic E-state index is 0.276. The Bertz CT molecular complexity index is 1680. The first-order valence-electron chi connectivity index (χ1n) is 14.3. The number of hydrogen-bond donors (Lipinski definition) is 2. The number of nitrogens with zero attached hydrogens (tertiary/aromatic N) is 1. The van der Waals surface area contributed by atoms with Gasteiger partial charge >= 0.3 is 5.97 Å². The Morgan fingerprint density at radius 1 is 0.905 bits per heavy atom. The van der Waals surface area contributed by atoms with Crippen LogP contribution >= 0.6 is 11.6 Å². The first-order valence-corrected chi connectivity index (χ1v) is 14.7. The number of carbonyl (C=O) groups is 2. The lowest BCUT2D eigenvalue weighted by Gasteiger charge is -2.28. The Morgan fingerprint density at radius 2 is 1.64 bits per heavy atom. The van der Waals surface area contributed by atoms with Crippen molar-refractivity contribution in [2.75, 3.05) is 11.9 Å². The molecule has 0 radical (unpaired) electrons. The van der Waals surface area contributed by atoms with Crippen molar-refractivity contribution in [1.82, 2.24) is 4.98 Å². The highest BCUT2D eigenvalue weighted by atomic mass is 35.5. The number of hydrogen-bond acceptors (Lipinski definition) is 5. The number of carboxylic acid groups (broad SMARTS) is 1. The molecule has 2 fully saturated rings. The van der Waals surface area contributed by atoms with Crippen LogP contribution in [0.1, 0.15) is 76.9 Å². The van der Waals surface area contributed by atoms with Crippen molar-refractivity contribution in [3.63, 3.8) is 0 Å². The molecule has 1 atom stereocenters. The lowest BCUT2D eigenvalue weighted by molar-refractivity contribution is -0.139. The number of carbonyl (C=O) groups excluding carboxylic acids is 1. The molecule has 2 aliphatic carbocycles. The number of carboxylic acids is 1. The van der Waals surface area contributed by atoms with Crippen LogP contribution in [0.15, 0.2) is 72.8 Å². The number of aliphatic carboxylic acids is 1. The first-order chi connectivity index (χ1) is 20.4. The van der Waals surface area contributed by atoms with E-state index in [0.29, 0.717) is 52.8 Å². The Kier molecular flexibility index (Phi) is 6.82. The van der Waals surface area contributed by atoms with Crippen molar-refractivity contribution in [1.29, 1.82) is 0 Å². The molecule has 0 spiro atoms. The third kappa shape index (κ3) is 5.32. The van der Waals surface area contributed by atoms with Gasteiger partial charge in [-0.05, 0) is 104 Å². The molecule has 42 heavy (non-hydrogen) atoms. The van der Waals surface area contributed by atoms with E-state index in [4.69, 9.17) is 21.1 Å². The summed E-state index contributed by atoms with van der Waals surface area (Å²) in [7, 11) is 0. The number of rotatable bonds is 8. The first kappa shape index (κ1) is 26.5. The van der Waals surface area contributed by atoms with Crippen molar-refractivity contribution in [3.8, 4) is 28.5 Å². The van der Waals surface area contributed by atoms with Crippen molar-refractivity contribution in [2.45, 2.75) is 49.9 Å². The van der Waals surface area contributed by atoms with Gasteiger partial charge in [-0.1, -0.05) is 29.8 Å².